The number of ether oxygens (including phenoxy) is 1. The average Bonchev–Trinajstić information content (AvgIpc) is 2.38. The fourth-order valence-corrected chi connectivity index (χ4v) is 3.00. The second-order valence-corrected chi connectivity index (χ2v) is 6.01. The first kappa shape index (κ1) is 14.4. The molecule has 1 aromatic rings. The van der Waals surface area contributed by atoms with Crippen LogP contribution in [0.25, 0.3) is 0 Å². The van der Waals surface area contributed by atoms with Crippen molar-refractivity contribution in [1.29, 1.82) is 0 Å². The molecule has 2 atom stereocenters. The Bertz CT molecular complexity index is 377. The molecule has 1 saturated carbocycles. The van der Waals surface area contributed by atoms with Crippen LogP contribution in [0.2, 0.25) is 0 Å². The fourth-order valence-electron chi connectivity index (χ4n) is 3.00. The Morgan fingerprint density at radius 2 is 2.21 bits per heavy atom. The van der Waals surface area contributed by atoms with Gasteiger partial charge in [0.05, 0.1) is 0 Å². The van der Waals surface area contributed by atoms with Gasteiger partial charge in [0.25, 0.3) is 0 Å². The van der Waals surface area contributed by atoms with Crippen molar-refractivity contribution in [3.63, 3.8) is 0 Å². The Balaban J connectivity index is 1.57. The highest BCUT2D eigenvalue weighted by Gasteiger charge is 2.17. The van der Waals surface area contributed by atoms with E-state index < -0.39 is 0 Å². The fraction of sp³-hybridized carbons (Fsp3) is 0.647. The lowest BCUT2D eigenvalue weighted by molar-refractivity contribution is 0.262. The molecule has 19 heavy (non-hydrogen) atoms. The summed E-state index contributed by atoms with van der Waals surface area (Å²) in [4.78, 5) is 0. The predicted octanol–water partition coefficient (Wildman–Crippen LogP) is 3.79. The maximum atomic E-state index is 5.73. The van der Waals surface area contributed by atoms with Crippen molar-refractivity contribution >= 4 is 0 Å². The summed E-state index contributed by atoms with van der Waals surface area (Å²) in [5.41, 5.74) is 1.25. The molecule has 0 aromatic heterocycles. The van der Waals surface area contributed by atoms with E-state index in [9.17, 15) is 0 Å². The van der Waals surface area contributed by atoms with Crippen LogP contribution in [0.1, 0.15) is 38.2 Å². The molecule has 0 bridgehead atoms. The summed E-state index contributed by atoms with van der Waals surface area (Å²) in [6, 6.07) is 8.25. The maximum Gasteiger partial charge on any atom is 0.119 e. The van der Waals surface area contributed by atoms with Gasteiger partial charge in [0, 0.05) is 6.54 Å². The van der Waals surface area contributed by atoms with Crippen LogP contribution in [-0.2, 0) is 0 Å². The van der Waals surface area contributed by atoms with Gasteiger partial charge in [-0.1, -0.05) is 31.9 Å². The molecule has 0 saturated heterocycles. The molecule has 0 amide bonds. The van der Waals surface area contributed by atoms with Crippen molar-refractivity contribution in [2.45, 2.75) is 39.5 Å². The first-order chi connectivity index (χ1) is 9.24. The van der Waals surface area contributed by atoms with Crippen LogP contribution in [0.4, 0.5) is 0 Å². The summed E-state index contributed by atoms with van der Waals surface area (Å²) in [6.07, 6.45) is 5.63. The monoisotopic (exact) mass is 261 g/mol. The zero-order valence-corrected chi connectivity index (χ0v) is 12.3. The van der Waals surface area contributed by atoms with E-state index in [0.29, 0.717) is 0 Å². The predicted molar refractivity (Wildman–Crippen MR) is 80.7 cm³/mol. The second kappa shape index (κ2) is 7.54. The molecule has 1 aliphatic rings. The van der Waals surface area contributed by atoms with Crippen molar-refractivity contribution in [1.82, 2.24) is 5.32 Å². The van der Waals surface area contributed by atoms with Crippen LogP contribution in [0.5, 0.6) is 5.75 Å². The number of aryl methyl sites for hydroxylation is 1. The molecule has 0 aliphatic heterocycles. The Hall–Kier alpha value is -1.02. The number of benzene rings is 1. The molecule has 0 spiro atoms. The minimum Gasteiger partial charge on any atom is -0.492 e. The van der Waals surface area contributed by atoms with Crippen molar-refractivity contribution < 1.29 is 4.74 Å². The van der Waals surface area contributed by atoms with Crippen LogP contribution in [0, 0.1) is 18.8 Å². The van der Waals surface area contributed by atoms with Gasteiger partial charge in [0.15, 0.2) is 0 Å². The Kier molecular flexibility index (Phi) is 5.71. The highest BCUT2D eigenvalue weighted by atomic mass is 16.5. The number of rotatable bonds is 6. The number of nitrogens with one attached hydrogen (secondary N) is 1. The van der Waals surface area contributed by atoms with E-state index in [4.69, 9.17) is 4.74 Å². The first-order valence-corrected chi connectivity index (χ1v) is 7.64. The van der Waals surface area contributed by atoms with Gasteiger partial charge in [0.2, 0.25) is 0 Å². The third-order valence-electron chi connectivity index (χ3n) is 4.02. The summed E-state index contributed by atoms with van der Waals surface area (Å²) < 4.78 is 5.73. The first-order valence-electron chi connectivity index (χ1n) is 7.64. The molecular formula is C17H27NO. The van der Waals surface area contributed by atoms with Gasteiger partial charge in [-0.2, -0.15) is 0 Å². The average molecular weight is 261 g/mol. The van der Waals surface area contributed by atoms with Crippen LogP contribution in [0.15, 0.2) is 24.3 Å². The zero-order chi connectivity index (χ0) is 13.5. The van der Waals surface area contributed by atoms with Crippen LogP contribution in [-0.4, -0.2) is 19.7 Å². The van der Waals surface area contributed by atoms with E-state index in [2.05, 4.69) is 31.3 Å². The number of hydrogen-bond donors (Lipinski definition) is 1. The van der Waals surface area contributed by atoms with E-state index in [0.717, 1.165) is 37.3 Å². The minimum atomic E-state index is 0.756. The third kappa shape index (κ3) is 5.23. The lowest BCUT2D eigenvalue weighted by atomic mass is 9.82. The summed E-state index contributed by atoms with van der Waals surface area (Å²) in [5.74, 6) is 2.78. The summed E-state index contributed by atoms with van der Waals surface area (Å²) in [6.45, 7) is 7.33. The third-order valence-corrected chi connectivity index (χ3v) is 4.02. The molecule has 2 rings (SSSR count). The van der Waals surface area contributed by atoms with Gasteiger partial charge in [0.1, 0.15) is 12.4 Å². The van der Waals surface area contributed by atoms with Crippen molar-refractivity contribution in [2.75, 3.05) is 19.7 Å². The van der Waals surface area contributed by atoms with E-state index in [1.807, 2.05) is 12.1 Å². The Labute approximate surface area is 117 Å². The normalized spacial score (nSPS) is 23.3. The lowest BCUT2D eigenvalue weighted by Gasteiger charge is -2.26. The van der Waals surface area contributed by atoms with Gasteiger partial charge in [-0.25, -0.2) is 0 Å². The van der Waals surface area contributed by atoms with Crippen molar-refractivity contribution in [3.8, 4) is 5.75 Å². The molecule has 2 nitrogen and oxygen atoms in total. The largest absolute Gasteiger partial charge is 0.492 e. The molecular weight excluding hydrogens is 234 g/mol. The van der Waals surface area contributed by atoms with E-state index in [1.54, 1.807) is 0 Å². The maximum absolute atomic E-state index is 5.73. The summed E-state index contributed by atoms with van der Waals surface area (Å²) in [7, 11) is 0. The molecule has 0 heterocycles. The highest BCUT2D eigenvalue weighted by Crippen LogP contribution is 2.27. The lowest BCUT2D eigenvalue weighted by Crippen LogP contribution is -2.29. The van der Waals surface area contributed by atoms with Gasteiger partial charge in [-0.3, -0.25) is 0 Å². The second-order valence-electron chi connectivity index (χ2n) is 6.01. The zero-order valence-electron chi connectivity index (χ0n) is 12.3. The van der Waals surface area contributed by atoms with Gasteiger partial charge in [-0.15, -0.1) is 0 Å². The Morgan fingerprint density at radius 3 is 3.00 bits per heavy atom. The molecule has 1 N–H and O–H groups in total. The number of hydrogen-bond acceptors (Lipinski definition) is 2. The van der Waals surface area contributed by atoms with Gasteiger partial charge >= 0.3 is 0 Å². The highest BCUT2D eigenvalue weighted by molar-refractivity contribution is 5.27. The SMILES string of the molecule is Cc1cccc(OCCNCC2CCCC(C)C2)c1. The Morgan fingerprint density at radius 1 is 1.32 bits per heavy atom. The summed E-state index contributed by atoms with van der Waals surface area (Å²) in [5, 5.41) is 3.54. The van der Waals surface area contributed by atoms with E-state index >= 15 is 0 Å². The molecule has 106 valence electrons. The van der Waals surface area contributed by atoms with E-state index in [1.165, 1.54) is 31.2 Å². The minimum absolute atomic E-state index is 0.756. The molecule has 1 aromatic carbocycles. The van der Waals surface area contributed by atoms with Gasteiger partial charge in [-0.05, 0) is 55.8 Å². The van der Waals surface area contributed by atoms with Crippen LogP contribution in [0.3, 0.4) is 0 Å². The quantitative estimate of drug-likeness (QED) is 0.787. The van der Waals surface area contributed by atoms with Crippen LogP contribution < -0.4 is 10.1 Å². The van der Waals surface area contributed by atoms with Crippen molar-refractivity contribution in [3.05, 3.63) is 29.8 Å². The molecule has 0 radical (unpaired) electrons. The molecule has 1 fully saturated rings. The molecule has 1 aliphatic carbocycles. The van der Waals surface area contributed by atoms with Crippen molar-refractivity contribution in [2.24, 2.45) is 11.8 Å². The topological polar surface area (TPSA) is 21.3 Å². The smallest absolute Gasteiger partial charge is 0.119 e. The van der Waals surface area contributed by atoms with E-state index in [-0.39, 0.29) is 0 Å². The van der Waals surface area contributed by atoms with Crippen LogP contribution >= 0.6 is 0 Å². The molecule has 2 heteroatoms. The molecule has 2 unspecified atom stereocenters. The van der Waals surface area contributed by atoms with Gasteiger partial charge < -0.3 is 10.1 Å². The summed E-state index contributed by atoms with van der Waals surface area (Å²) >= 11 is 0. The standard InChI is InChI=1S/C17H27NO/c1-14-5-3-7-16(11-14)13-18-9-10-19-17-8-4-6-15(2)12-17/h4,6,8,12,14,16,18H,3,5,7,9-11,13H2,1-2H3.